The normalized spacial score (nSPS) is 16.5. The van der Waals surface area contributed by atoms with Crippen molar-refractivity contribution in [1.29, 1.82) is 0 Å². The van der Waals surface area contributed by atoms with Crippen LogP contribution in [-0.4, -0.2) is 48.0 Å². The van der Waals surface area contributed by atoms with Gasteiger partial charge in [0.15, 0.2) is 0 Å². The molecule has 1 fully saturated rings. The fourth-order valence-corrected chi connectivity index (χ4v) is 3.27. The van der Waals surface area contributed by atoms with E-state index in [-0.39, 0.29) is 18.0 Å². The van der Waals surface area contributed by atoms with Gasteiger partial charge in [0.25, 0.3) is 0 Å². The van der Waals surface area contributed by atoms with Crippen molar-refractivity contribution in [3.63, 3.8) is 0 Å². The Hall–Kier alpha value is -2.93. The summed E-state index contributed by atoms with van der Waals surface area (Å²) in [6, 6.07) is 11.1. The fraction of sp³-hybridized carbons (Fsp3) is 0.381. The Kier molecular flexibility index (Phi) is 6.97. The average Bonchev–Trinajstić information content (AvgIpc) is 2.74. The lowest BCUT2D eigenvalue weighted by molar-refractivity contribution is -0.133. The first kappa shape index (κ1) is 19.8. The molecule has 0 radical (unpaired) electrons. The van der Waals surface area contributed by atoms with Gasteiger partial charge < -0.3 is 20.9 Å². The second-order valence-corrected chi connectivity index (χ2v) is 6.85. The lowest BCUT2D eigenvalue weighted by Crippen LogP contribution is -2.49. The summed E-state index contributed by atoms with van der Waals surface area (Å²) in [4.78, 5) is 30.8. The molecule has 1 aromatic carbocycles. The molecule has 1 atom stereocenters. The summed E-state index contributed by atoms with van der Waals surface area (Å²) in [6.45, 7) is 4.84. The number of nitrogens with one attached hydrogen (secondary N) is 3. The van der Waals surface area contributed by atoms with Gasteiger partial charge in [0, 0.05) is 44.3 Å². The molecule has 3 rings (SSSR count). The number of carbonyl (C=O) groups is 2. The van der Waals surface area contributed by atoms with E-state index >= 15 is 0 Å². The Morgan fingerprint density at radius 1 is 1.25 bits per heavy atom. The number of piperazine rings is 1. The number of benzene rings is 1. The van der Waals surface area contributed by atoms with Crippen molar-refractivity contribution >= 4 is 17.6 Å². The molecule has 1 unspecified atom stereocenters. The second kappa shape index (κ2) is 9.85. The maximum Gasteiger partial charge on any atom is 0.319 e. The topological polar surface area (TPSA) is 86.4 Å². The fourth-order valence-electron chi connectivity index (χ4n) is 3.27. The van der Waals surface area contributed by atoms with E-state index < -0.39 is 0 Å². The summed E-state index contributed by atoms with van der Waals surface area (Å²) in [5.41, 5.74) is 2.67. The van der Waals surface area contributed by atoms with E-state index in [1.165, 1.54) is 0 Å². The number of hydrogen-bond donors (Lipinski definition) is 3. The van der Waals surface area contributed by atoms with Crippen molar-refractivity contribution in [3.05, 3.63) is 59.9 Å². The van der Waals surface area contributed by atoms with Gasteiger partial charge in [0.05, 0.1) is 12.5 Å². The van der Waals surface area contributed by atoms with Crippen LogP contribution in [-0.2, 0) is 11.2 Å². The molecular formula is C21H27N5O2. The van der Waals surface area contributed by atoms with Crippen LogP contribution in [0.4, 0.5) is 10.5 Å². The first-order chi connectivity index (χ1) is 13.7. The lowest BCUT2D eigenvalue weighted by atomic mass is 10.0. The monoisotopic (exact) mass is 381 g/mol. The number of amides is 3. The molecule has 0 bridgehead atoms. The standard InChI is InChI=1S/C21H27N5O2/c1-2-9-24-21(28)25-18-7-5-16(6-8-18)13-20(27)26-12-11-23-15-19(26)17-4-3-10-22-14-17/h3-8,10,14,19,23H,2,9,11-13,15H2,1H3,(H2,24,25,28). The summed E-state index contributed by atoms with van der Waals surface area (Å²) in [7, 11) is 0. The largest absolute Gasteiger partial charge is 0.338 e. The summed E-state index contributed by atoms with van der Waals surface area (Å²) in [5, 5.41) is 8.91. The van der Waals surface area contributed by atoms with Crippen molar-refractivity contribution in [2.24, 2.45) is 0 Å². The average molecular weight is 381 g/mol. The van der Waals surface area contributed by atoms with Crippen LogP contribution in [0.15, 0.2) is 48.8 Å². The van der Waals surface area contributed by atoms with E-state index in [4.69, 9.17) is 0 Å². The first-order valence-corrected chi connectivity index (χ1v) is 9.71. The number of nitrogens with zero attached hydrogens (tertiary/aromatic N) is 2. The number of aromatic nitrogens is 1. The van der Waals surface area contributed by atoms with Crippen LogP contribution in [0.3, 0.4) is 0 Å². The van der Waals surface area contributed by atoms with Crippen LogP contribution in [0.2, 0.25) is 0 Å². The number of anilines is 1. The minimum atomic E-state index is -0.217. The van der Waals surface area contributed by atoms with E-state index in [9.17, 15) is 9.59 Å². The Balaban J connectivity index is 1.61. The van der Waals surface area contributed by atoms with Gasteiger partial charge in [-0.25, -0.2) is 4.79 Å². The zero-order valence-electron chi connectivity index (χ0n) is 16.1. The first-order valence-electron chi connectivity index (χ1n) is 9.71. The molecule has 2 aromatic rings. The summed E-state index contributed by atoms with van der Waals surface area (Å²) >= 11 is 0. The highest BCUT2D eigenvalue weighted by Crippen LogP contribution is 2.22. The highest BCUT2D eigenvalue weighted by molar-refractivity contribution is 5.89. The van der Waals surface area contributed by atoms with Crippen LogP contribution in [0, 0.1) is 0 Å². The Morgan fingerprint density at radius 3 is 2.79 bits per heavy atom. The third-order valence-electron chi connectivity index (χ3n) is 4.74. The molecule has 148 valence electrons. The van der Waals surface area contributed by atoms with Crippen molar-refractivity contribution in [3.8, 4) is 0 Å². The predicted octanol–water partition coefficient (Wildman–Crippen LogP) is 2.33. The van der Waals surface area contributed by atoms with Gasteiger partial charge in [-0.2, -0.15) is 0 Å². The Bertz CT molecular complexity index is 779. The molecule has 2 heterocycles. The lowest BCUT2D eigenvalue weighted by Gasteiger charge is -2.36. The molecule has 3 N–H and O–H groups in total. The highest BCUT2D eigenvalue weighted by Gasteiger charge is 2.27. The maximum absolute atomic E-state index is 12.9. The van der Waals surface area contributed by atoms with E-state index in [1.807, 2.05) is 54.4 Å². The highest BCUT2D eigenvalue weighted by atomic mass is 16.2. The summed E-state index contributed by atoms with van der Waals surface area (Å²) < 4.78 is 0. The Morgan fingerprint density at radius 2 is 2.07 bits per heavy atom. The van der Waals surface area contributed by atoms with Gasteiger partial charge in [-0.3, -0.25) is 9.78 Å². The molecule has 3 amide bonds. The second-order valence-electron chi connectivity index (χ2n) is 6.85. The van der Waals surface area contributed by atoms with Crippen LogP contribution in [0.1, 0.15) is 30.5 Å². The molecule has 1 saturated heterocycles. The van der Waals surface area contributed by atoms with E-state index in [0.29, 0.717) is 25.2 Å². The summed E-state index contributed by atoms with van der Waals surface area (Å²) in [5.74, 6) is 0.0942. The smallest absolute Gasteiger partial charge is 0.319 e. The summed E-state index contributed by atoms with van der Waals surface area (Å²) in [6.07, 6.45) is 4.78. The van der Waals surface area contributed by atoms with Gasteiger partial charge in [0.1, 0.15) is 0 Å². The number of pyridine rings is 1. The van der Waals surface area contributed by atoms with Gasteiger partial charge in [0.2, 0.25) is 5.91 Å². The third-order valence-corrected chi connectivity index (χ3v) is 4.74. The van der Waals surface area contributed by atoms with Gasteiger partial charge >= 0.3 is 6.03 Å². The molecule has 7 nitrogen and oxygen atoms in total. The zero-order chi connectivity index (χ0) is 19.8. The number of carbonyl (C=O) groups excluding carboxylic acids is 2. The third kappa shape index (κ3) is 5.29. The molecule has 28 heavy (non-hydrogen) atoms. The van der Waals surface area contributed by atoms with Crippen molar-refractivity contribution < 1.29 is 9.59 Å². The van der Waals surface area contributed by atoms with Gasteiger partial charge in [-0.15, -0.1) is 0 Å². The Labute approximate surface area is 165 Å². The zero-order valence-corrected chi connectivity index (χ0v) is 16.1. The molecule has 0 aliphatic carbocycles. The van der Waals surface area contributed by atoms with E-state index in [1.54, 1.807) is 6.20 Å². The van der Waals surface area contributed by atoms with Crippen LogP contribution in [0.5, 0.6) is 0 Å². The molecule has 1 aliphatic rings. The SMILES string of the molecule is CCCNC(=O)Nc1ccc(CC(=O)N2CCNCC2c2cccnc2)cc1. The van der Waals surface area contributed by atoms with Crippen LogP contribution < -0.4 is 16.0 Å². The van der Waals surface area contributed by atoms with E-state index in [2.05, 4.69) is 20.9 Å². The molecule has 1 aromatic heterocycles. The van der Waals surface area contributed by atoms with Crippen molar-refractivity contribution in [2.75, 3.05) is 31.5 Å². The maximum atomic E-state index is 12.9. The van der Waals surface area contributed by atoms with Crippen molar-refractivity contribution in [1.82, 2.24) is 20.5 Å². The van der Waals surface area contributed by atoms with Gasteiger partial charge in [-0.1, -0.05) is 25.1 Å². The van der Waals surface area contributed by atoms with Crippen molar-refractivity contribution in [2.45, 2.75) is 25.8 Å². The number of hydrogen-bond acceptors (Lipinski definition) is 4. The molecule has 0 spiro atoms. The van der Waals surface area contributed by atoms with Crippen LogP contribution in [0.25, 0.3) is 0 Å². The molecule has 0 saturated carbocycles. The van der Waals surface area contributed by atoms with Crippen LogP contribution >= 0.6 is 0 Å². The quantitative estimate of drug-likeness (QED) is 0.717. The predicted molar refractivity (Wildman–Crippen MR) is 109 cm³/mol. The molecular weight excluding hydrogens is 354 g/mol. The van der Waals surface area contributed by atoms with E-state index in [0.717, 1.165) is 30.6 Å². The number of urea groups is 1. The molecule has 1 aliphatic heterocycles. The number of rotatable bonds is 6. The minimum absolute atomic E-state index is 0.00171. The minimum Gasteiger partial charge on any atom is -0.338 e. The molecule has 7 heteroatoms. The van der Waals surface area contributed by atoms with Gasteiger partial charge in [-0.05, 0) is 35.7 Å².